The van der Waals surface area contributed by atoms with E-state index in [9.17, 15) is 13.2 Å². The van der Waals surface area contributed by atoms with Gasteiger partial charge in [-0.25, -0.2) is 4.98 Å². The largest absolute Gasteiger partial charge is 0.434 e. The summed E-state index contributed by atoms with van der Waals surface area (Å²) in [6, 6.07) is 3.24. The fourth-order valence-corrected chi connectivity index (χ4v) is 1.66. The van der Waals surface area contributed by atoms with Crippen molar-refractivity contribution in [3.05, 3.63) is 28.6 Å². The topological polar surface area (TPSA) is 36.7 Å². The molecule has 1 aromatic rings. The Labute approximate surface area is 104 Å². The molecule has 98 valence electrons. The van der Waals surface area contributed by atoms with E-state index in [1.165, 1.54) is 0 Å². The monoisotopic (exact) mass is 256 g/mol. The maximum atomic E-state index is 12.9. The Hall–Kier alpha value is -1.57. The van der Waals surface area contributed by atoms with Crippen LogP contribution in [0.15, 0.2) is 6.07 Å². The zero-order chi connectivity index (χ0) is 14.1. The lowest BCUT2D eigenvalue weighted by atomic mass is 9.94. The zero-order valence-corrected chi connectivity index (χ0v) is 10.8. The van der Waals surface area contributed by atoms with Gasteiger partial charge in [-0.05, 0) is 23.5 Å². The molecule has 0 fully saturated rings. The van der Waals surface area contributed by atoms with Crippen molar-refractivity contribution >= 4 is 0 Å². The van der Waals surface area contributed by atoms with Gasteiger partial charge in [0.15, 0.2) is 5.69 Å². The van der Waals surface area contributed by atoms with Crippen LogP contribution in [0.1, 0.15) is 62.0 Å². The summed E-state index contributed by atoms with van der Waals surface area (Å²) >= 11 is 0. The van der Waals surface area contributed by atoms with Crippen LogP contribution in [0.25, 0.3) is 0 Å². The average Bonchev–Trinajstić information content (AvgIpc) is 2.25. The molecular formula is C13H15F3N2. The Kier molecular flexibility index (Phi) is 4.00. The normalized spacial score (nSPS) is 12.0. The molecule has 0 radical (unpaired) electrons. The van der Waals surface area contributed by atoms with Crippen molar-refractivity contribution in [3.8, 4) is 6.07 Å². The summed E-state index contributed by atoms with van der Waals surface area (Å²) in [7, 11) is 0. The highest BCUT2D eigenvalue weighted by atomic mass is 19.4. The quantitative estimate of drug-likeness (QED) is 0.794. The first-order valence-corrected chi connectivity index (χ1v) is 5.70. The minimum Gasteiger partial charge on any atom is -0.247 e. The van der Waals surface area contributed by atoms with E-state index in [2.05, 4.69) is 4.98 Å². The van der Waals surface area contributed by atoms with Crippen molar-refractivity contribution in [2.75, 3.05) is 0 Å². The molecule has 0 atom stereocenters. The number of halogens is 3. The predicted molar refractivity (Wildman–Crippen MR) is 62.1 cm³/mol. The molecule has 0 spiro atoms. The Morgan fingerprint density at radius 1 is 1.17 bits per heavy atom. The SMILES string of the molecule is CC(C)c1cc(C(C)C)c(C#N)c(C(F)(F)F)n1. The van der Waals surface area contributed by atoms with Crippen LogP contribution in [0.2, 0.25) is 0 Å². The summed E-state index contributed by atoms with van der Waals surface area (Å²) in [5.41, 5.74) is -0.657. The van der Waals surface area contributed by atoms with Gasteiger partial charge in [0.1, 0.15) is 6.07 Å². The molecule has 1 heterocycles. The molecule has 0 bridgehead atoms. The third kappa shape index (κ3) is 2.81. The van der Waals surface area contributed by atoms with E-state index in [4.69, 9.17) is 5.26 Å². The van der Waals surface area contributed by atoms with Gasteiger partial charge in [-0.1, -0.05) is 27.7 Å². The molecule has 0 aromatic carbocycles. The zero-order valence-electron chi connectivity index (χ0n) is 10.8. The molecule has 18 heavy (non-hydrogen) atoms. The molecule has 1 aromatic heterocycles. The molecule has 0 aliphatic rings. The van der Waals surface area contributed by atoms with Crippen LogP contribution in [0.5, 0.6) is 0 Å². The van der Waals surface area contributed by atoms with Gasteiger partial charge < -0.3 is 0 Å². The number of aromatic nitrogens is 1. The number of nitriles is 1. The fraction of sp³-hybridized carbons (Fsp3) is 0.538. The third-order valence-electron chi connectivity index (χ3n) is 2.66. The summed E-state index contributed by atoms with van der Waals surface area (Å²) < 4.78 is 38.7. The molecule has 1 rings (SSSR count). The Morgan fingerprint density at radius 3 is 2.06 bits per heavy atom. The Morgan fingerprint density at radius 2 is 1.72 bits per heavy atom. The molecule has 0 unspecified atom stereocenters. The molecule has 5 heteroatoms. The lowest BCUT2D eigenvalue weighted by molar-refractivity contribution is -0.141. The minimum absolute atomic E-state index is 0.114. The van der Waals surface area contributed by atoms with Crippen LogP contribution in [0, 0.1) is 11.3 Å². The number of hydrogen-bond acceptors (Lipinski definition) is 2. The second kappa shape index (κ2) is 4.97. The van der Waals surface area contributed by atoms with Crippen molar-refractivity contribution in [1.29, 1.82) is 5.26 Å². The van der Waals surface area contributed by atoms with Gasteiger partial charge in [0, 0.05) is 5.69 Å². The van der Waals surface area contributed by atoms with E-state index < -0.39 is 11.9 Å². The summed E-state index contributed by atoms with van der Waals surface area (Å²) in [5.74, 6) is -0.266. The number of pyridine rings is 1. The van der Waals surface area contributed by atoms with E-state index in [0.29, 0.717) is 11.3 Å². The first kappa shape index (κ1) is 14.5. The molecule has 0 aliphatic heterocycles. The number of hydrogen-bond donors (Lipinski definition) is 0. The van der Waals surface area contributed by atoms with Crippen LogP contribution in [0.3, 0.4) is 0 Å². The van der Waals surface area contributed by atoms with Crippen molar-refractivity contribution < 1.29 is 13.2 Å². The summed E-state index contributed by atoms with van der Waals surface area (Å²) in [5, 5.41) is 8.95. The Bertz CT molecular complexity index is 482. The summed E-state index contributed by atoms with van der Waals surface area (Å²) in [6.07, 6.45) is -4.60. The van der Waals surface area contributed by atoms with E-state index in [0.717, 1.165) is 0 Å². The van der Waals surface area contributed by atoms with Crippen molar-refractivity contribution in [2.45, 2.75) is 45.7 Å². The molecule has 0 aliphatic carbocycles. The first-order chi connectivity index (χ1) is 8.18. The molecule has 0 saturated heterocycles. The lowest BCUT2D eigenvalue weighted by Crippen LogP contribution is -2.15. The summed E-state index contributed by atoms with van der Waals surface area (Å²) in [6.45, 7) is 7.08. The maximum absolute atomic E-state index is 12.9. The average molecular weight is 256 g/mol. The van der Waals surface area contributed by atoms with Crippen LogP contribution in [-0.4, -0.2) is 4.98 Å². The number of nitrogens with zero attached hydrogens (tertiary/aromatic N) is 2. The highest BCUT2D eigenvalue weighted by Gasteiger charge is 2.37. The minimum atomic E-state index is -4.60. The second-order valence-electron chi connectivity index (χ2n) is 4.78. The predicted octanol–water partition coefficient (Wildman–Crippen LogP) is 4.22. The van der Waals surface area contributed by atoms with Gasteiger partial charge in [-0.3, -0.25) is 0 Å². The van der Waals surface area contributed by atoms with Crippen molar-refractivity contribution in [2.24, 2.45) is 0 Å². The van der Waals surface area contributed by atoms with Gasteiger partial charge in [0.25, 0.3) is 0 Å². The van der Waals surface area contributed by atoms with Gasteiger partial charge >= 0.3 is 6.18 Å². The number of rotatable bonds is 2. The molecule has 2 nitrogen and oxygen atoms in total. The van der Waals surface area contributed by atoms with E-state index in [-0.39, 0.29) is 17.4 Å². The highest BCUT2D eigenvalue weighted by Crippen LogP contribution is 2.35. The Balaban J connectivity index is 3.63. The molecule has 0 saturated carbocycles. The van der Waals surface area contributed by atoms with Crippen LogP contribution in [-0.2, 0) is 6.18 Å². The number of alkyl halides is 3. The van der Waals surface area contributed by atoms with E-state index in [1.807, 2.05) is 0 Å². The molecule has 0 N–H and O–H groups in total. The van der Waals surface area contributed by atoms with Gasteiger partial charge in [-0.15, -0.1) is 0 Å². The fourth-order valence-electron chi connectivity index (χ4n) is 1.66. The van der Waals surface area contributed by atoms with E-state index in [1.54, 1.807) is 39.8 Å². The van der Waals surface area contributed by atoms with Crippen LogP contribution >= 0.6 is 0 Å². The van der Waals surface area contributed by atoms with Crippen LogP contribution in [0.4, 0.5) is 13.2 Å². The van der Waals surface area contributed by atoms with Crippen molar-refractivity contribution in [1.82, 2.24) is 4.98 Å². The first-order valence-electron chi connectivity index (χ1n) is 5.70. The summed E-state index contributed by atoms with van der Waals surface area (Å²) in [4.78, 5) is 3.61. The van der Waals surface area contributed by atoms with Gasteiger partial charge in [0.2, 0.25) is 0 Å². The van der Waals surface area contributed by atoms with Crippen molar-refractivity contribution in [3.63, 3.8) is 0 Å². The van der Waals surface area contributed by atoms with E-state index >= 15 is 0 Å². The standard InChI is InChI=1S/C13H15F3N2/c1-7(2)9-5-11(8(3)4)18-12(10(9)6-17)13(14,15)16/h5,7-8H,1-4H3. The highest BCUT2D eigenvalue weighted by molar-refractivity contribution is 5.45. The molecular weight excluding hydrogens is 241 g/mol. The smallest absolute Gasteiger partial charge is 0.247 e. The lowest BCUT2D eigenvalue weighted by Gasteiger charge is -2.17. The van der Waals surface area contributed by atoms with Gasteiger partial charge in [0.05, 0.1) is 5.56 Å². The maximum Gasteiger partial charge on any atom is 0.434 e. The van der Waals surface area contributed by atoms with Crippen LogP contribution < -0.4 is 0 Å². The molecule has 0 amide bonds. The second-order valence-corrected chi connectivity index (χ2v) is 4.78. The van der Waals surface area contributed by atoms with Gasteiger partial charge in [-0.2, -0.15) is 18.4 Å². The third-order valence-corrected chi connectivity index (χ3v) is 2.66.